The molecule has 0 aromatic carbocycles. The van der Waals surface area contributed by atoms with Crippen LogP contribution in [-0.4, -0.2) is 28.4 Å². The number of oxime groups is 1. The lowest BCUT2D eigenvalue weighted by Crippen LogP contribution is -2.06. The highest BCUT2D eigenvalue weighted by atomic mass is 35.5. The van der Waals surface area contributed by atoms with Crippen molar-refractivity contribution in [3.05, 3.63) is 0 Å². The van der Waals surface area contributed by atoms with Gasteiger partial charge in [0.05, 0.1) is 12.3 Å². The van der Waals surface area contributed by atoms with Gasteiger partial charge in [-0.05, 0) is 11.8 Å². The summed E-state index contributed by atoms with van der Waals surface area (Å²) in [6.07, 6.45) is 0.792. The van der Waals surface area contributed by atoms with E-state index in [1.54, 1.807) is 4.42 Å². The summed E-state index contributed by atoms with van der Waals surface area (Å²) < 4.78 is 1.59. The number of halogens is 1. The second-order valence-electron chi connectivity index (χ2n) is 1.76. The summed E-state index contributed by atoms with van der Waals surface area (Å²) in [5, 5.41) is 11.2. The van der Waals surface area contributed by atoms with Crippen LogP contribution in [0, 0.1) is 0 Å². The molecule has 1 aliphatic rings. The Morgan fingerprint density at radius 2 is 2.50 bits per heavy atom. The first-order valence-electron chi connectivity index (χ1n) is 2.43. The fourth-order valence-corrected chi connectivity index (χ4v) is 0.911. The predicted octanol–water partition coefficient (Wildman–Crippen LogP) is 0.676. The predicted molar refractivity (Wildman–Crippen MR) is 31.3 cm³/mol. The van der Waals surface area contributed by atoms with Gasteiger partial charge in [-0.1, -0.05) is 5.16 Å². The lowest BCUT2D eigenvalue weighted by Gasteiger charge is -1.96. The van der Waals surface area contributed by atoms with Gasteiger partial charge in [-0.3, -0.25) is 0 Å². The molecule has 1 heterocycles. The van der Waals surface area contributed by atoms with Crippen LogP contribution in [0.15, 0.2) is 5.16 Å². The van der Waals surface area contributed by atoms with Gasteiger partial charge < -0.3 is 5.21 Å². The van der Waals surface area contributed by atoms with E-state index < -0.39 is 0 Å². The van der Waals surface area contributed by atoms with Crippen molar-refractivity contribution in [2.75, 3.05) is 13.1 Å². The van der Waals surface area contributed by atoms with Crippen molar-refractivity contribution in [3.8, 4) is 0 Å². The van der Waals surface area contributed by atoms with Crippen LogP contribution in [0.4, 0.5) is 0 Å². The standard InChI is InChI=1S/C4H7ClN2O/c5-7-2-1-4(3-7)6-8/h8H,1-3H2. The van der Waals surface area contributed by atoms with Crippen LogP contribution in [0.1, 0.15) is 6.42 Å². The molecule has 0 aliphatic carbocycles. The van der Waals surface area contributed by atoms with Crippen LogP contribution in [0.5, 0.6) is 0 Å². The van der Waals surface area contributed by atoms with Crippen LogP contribution >= 0.6 is 11.8 Å². The Morgan fingerprint density at radius 3 is 2.75 bits per heavy atom. The van der Waals surface area contributed by atoms with E-state index in [0.717, 1.165) is 18.7 Å². The molecule has 3 nitrogen and oxygen atoms in total. The van der Waals surface area contributed by atoms with Crippen LogP contribution in [0.2, 0.25) is 0 Å². The van der Waals surface area contributed by atoms with Gasteiger partial charge in [-0.2, -0.15) is 0 Å². The van der Waals surface area contributed by atoms with E-state index >= 15 is 0 Å². The number of nitrogens with zero attached hydrogens (tertiary/aromatic N) is 2. The van der Waals surface area contributed by atoms with Gasteiger partial charge >= 0.3 is 0 Å². The molecule has 0 unspecified atom stereocenters. The third-order valence-electron chi connectivity index (χ3n) is 1.14. The maximum absolute atomic E-state index is 8.19. The van der Waals surface area contributed by atoms with Crippen molar-refractivity contribution in [3.63, 3.8) is 0 Å². The van der Waals surface area contributed by atoms with E-state index in [0.29, 0.717) is 6.54 Å². The highest BCUT2D eigenvalue weighted by Crippen LogP contribution is 2.06. The second-order valence-corrected chi connectivity index (χ2v) is 2.24. The zero-order valence-corrected chi connectivity index (χ0v) is 5.10. The minimum Gasteiger partial charge on any atom is -0.411 e. The SMILES string of the molecule is ON=C1CCN(Cl)C1. The molecule has 0 aromatic rings. The maximum Gasteiger partial charge on any atom is 0.0737 e. The molecule has 0 saturated carbocycles. The summed E-state index contributed by atoms with van der Waals surface area (Å²) in [6.45, 7) is 1.39. The largest absolute Gasteiger partial charge is 0.411 e. The maximum atomic E-state index is 8.19. The minimum atomic E-state index is 0.595. The van der Waals surface area contributed by atoms with E-state index in [-0.39, 0.29) is 0 Å². The van der Waals surface area contributed by atoms with Crippen LogP contribution in [-0.2, 0) is 0 Å². The molecular weight excluding hydrogens is 128 g/mol. The first-order valence-corrected chi connectivity index (χ1v) is 2.77. The monoisotopic (exact) mass is 134 g/mol. The molecule has 46 valence electrons. The fraction of sp³-hybridized carbons (Fsp3) is 0.750. The lowest BCUT2D eigenvalue weighted by molar-refractivity contribution is 0.317. The molecule has 1 N–H and O–H groups in total. The molecule has 0 atom stereocenters. The summed E-state index contributed by atoms with van der Waals surface area (Å²) in [4.78, 5) is 0. The Hall–Kier alpha value is -0.280. The Morgan fingerprint density at radius 1 is 1.75 bits per heavy atom. The number of hydrogen-bond acceptors (Lipinski definition) is 3. The first kappa shape index (κ1) is 5.85. The van der Waals surface area contributed by atoms with Crippen LogP contribution in [0.25, 0.3) is 0 Å². The molecule has 1 rings (SSSR count). The second kappa shape index (κ2) is 2.33. The summed E-state index contributed by atoms with van der Waals surface area (Å²) in [6, 6.07) is 0. The van der Waals surface area contributed by atoms with Gasteiger partial charge in [0.25, 0.3) is 0 Å². The average Bonchev–Trinajstić information content (AvgIpc) is 2.14. The Bertz CT molecular complexity index is 115. The molecule has 8 heavy (non-hydrogen) atoms. The minimum absolute atomic E-state index is 0.595. The van der Waals surface area contributed by atoms with Crippen LogP contribution in [0.3, 0.4) is 0 Å². The normalized spacial score (nSPS) is 27.4. The van der Waals surface area contributed by atoms with E-state index in [1.807, 2.05) is 0 Å². The smallest absolute Gasteiger partial charge is 0.0737 e. The Labute approximate surface area is 52.6 Å². The molecule has 1 saturated heterocycles. The highest BCUT2D eigenvalue weighted by molar-refractivity contribution is 6.15. The topological polar surface area (TPSA) is 35.8 Å². The lowest BCUT2D eigenvalue weighted by atomic mass is 10.3. The Balaban J connectivity index is 2.44. The highest BCUT2D eigenvalue weighted by Gasteiger charge is 2.15. The third kappa shape index (κ3) is 1.11. The van der Waals surface area contributed by atoms with Gasteiger partial charge in [0, 0.05) is 13.0 Å². The molecule has 4 heteroatoms. The first-order chi connectivity index (χ1) is 3.83. The van der Waals surface area contributed by atoms with E-state index in [1.165, 1.54) is 0 Å². The van der Waals surface area contributed by atoms with Gasteiger partial charge in [-0.25, -0.2) is 4.42 Å². The summed E-state index contributed by atoms with van der Waals surface area (Å²) >= 11 is 5.53. The summed E-state index contributed by atoms with van der Waals surface area (Å²) in [5.41, 5.74) is 0.764. The summed E-state index contributed by atoms with van der Waals surface area (Å²) in [5.74, 6) is 0. The van der Waals surface area contributed by atoms with Crippen LogP contribution < -0.4 is 0 Å². The van der Waals surface area contributed by atoms with Crippen molar-refractivity contribution < 1.29 is 5.21 Å². The van der Waals surface area contributed by atoms with Gasteiger partial charge in [0.15, 0.2) is 0 Å². The van der Waals surface area contributed by atoms with Crippen molar-refractivity contribution in [2.24, 2.45) is 5.16 Å². The molecule has 0 spiro atoms. The zero-order chi connectivity index (χ0) is 5.98. The third-order valence-corrected chi connectivity index (χ3v) is 1.43. The van der Waals surface area contributed by atoms with E-state index in [2.05, 4.69) is 5.16 Å². The number of rotatable bonds is 0. The van der Waals surface area contributed by atoms with Crippen molar-refractivity contribution in [1.82, 2.24) is 4.42 Å². The van der Waals surface area contributed by atoms with Gasteiger partial charge in [0.2, 0.25) is 0 Å². The van der Waals surface area contributed by atoms with Gasteiger partial charge in [0.1, 0.15) is 0 Å². The Kier molecular flexibility index (Phi) is 1.70. The van der Waals surface area contributed by atoms with Gasteiger partial charge in [-0.15, -0.1) is 0 Å². The van der Waals surface area contributed by atoms with Crippen molar-refractivity contribution in [2.45, 2.75) is 6.42 Å². The van der Waals surface area contributed by atoms with Crippen molar-refractivity contribution in [1.29, 1.82) is 0 Å². The molecule has 1 fully saturated rings. The van der Waals surface area contributed by atoms with E-state index in [9.17, 15) is 0 Å². The quantitative estimate of drug-likeness (QED) is 0.300. The molecule has 0 radical (unpaired) electrons. The van der Waals surface area contributed by atoms with E-state index in [4.69, 9.17) is 17.0 Å². The average molecular weight is 135 g/mol. The molecule has 1 aliphatic heterocycles. The molecule has 0 amide bonds. The molecular formula is C4H7ClN2O. The van der Waals surface area contributed by atoms with Crippen molar-refractivity contribution >= 4 is 17.5 Å². The fourth-order valence-electron chi connectivity index (χ4n) is 0.688. The summed E-state index contributed by atoms with van der Waals surface area (Å²) in [7, 11) is 0. The molecule has 0 aromatic heterocycles. The molecule has 0 bridgehead atoms. The number of hydrogen-bond donors (Lipinski definition) is 1. The zero-order valence-electron chi connectivity index (χ0n) is 4.34.